The number of nitrogens with one attached hydrogen (secondary N) is 1. The first-order valence-corrected chi connectivity index (χ1v) is 9.76. The van der Waals surface area contributed by atoms with Crippen molar-refractivity contribution in [3.05, 3.63) is 72.3 Å². The number of rotatable bonds is 6. The van der Waals surface area contributed by atoms with E-state index in [0.717, 1.165) is 18.2 Å². The lowest BCUT2D eigenvalue weighted by molar-refractivity contribution is 0.0691. The molecule has 0 unspecified atom stereocenters. The van der Waals surface area contributed by atoms with E-state index in [1.165, 1.54) is 30.1 Å². The Labute approximate surface area is 158 Å². The maximum absolute atomic E-state index is 13.5. The van der Waals surface area contributed by atoms with Gasteiger partial charge in [0.05, 0.1) is 16.1 Å². The van der Waals surface area contributed by atoms with Gasteiger partial charge >= 0.3 is 5.97 Å². The van der Waals surface area contributed by atoms with Gasteiger partial charge in [0.1, 0.15) is 15.9 Å². The average Bonchev–Trinajstić information content (AvgIpc) is 2.62. The Morgan fingerprint density at radius 1 is 1.04 bits per heavy atom. The van der Waals surface area contributed by atoms with Crippen LogP contribution in [0.1, 0.15) is 10.4 Å². The minimum atomic E-state index is -4.11. The molecule has 0 atom stereocenters. The van der Waals surface area contributed by atoms with Gasteiger partial charge in [-0.1, -0.05) is 17.8 Å². The second-order valence-corrected chi connectivity index (χ2v) is 7.93. The topological polar surface area (TPSA) is 109 Å². The van der Waals surface area contributed by atoms with E-state index in [9.17, 15) is 17.6 Å². The maximum Gasteiger partial charge on any atom is 0.338 e. The summed E-state index contributed by atoms with van der Waals surface area (Å²) in [5, 5.41) is 10.2. The molecule has 3 aromatic rings. The molecule has 2 N–H and O–H groups in total. The third-order valence-electron chi connectivity index (χ3n) is 3.31. The molecule has 0 saturated heterocycles. The predicted molar refractivity (Wildman–Crippen MR) is 96.8 cm³/mol. The van der Waals surface area contributed by atoms with E-state index in [0.29, 0.717) is 10.1 Å². The molecule has 0 aliphatic rings. The van der Waals surface area contributed by atoms with Crippen LogP contribution in [0.25, 0.3) is 0 Å². The summed E-state index contributed by atoms with van der Waals surface area (Å²) in [6.07, 6.45) is 3.06. The number of carboxylic acid groups (broad SMARTS) is 1. The molecule has 0 aliphatic carbocycles. The SMILES string of the molecule is O=C(O)c1cc(S(=O)(=O)Nc2ccnc(Sc3ccccn3)c2)ccc1F. The minimum Gasteiger partial charge on any atom is -0.478 e. The van der Waals surface area contributed by atoms with E-state index in [-0.39, 0.29) is 10.6 Å². The first-order valence-electron chi connectivity index (χ1n) is 7.46. The van der Waals surface area contributed by atoms with Gasteiger partial charge in [-0.25, -0.2) is 27.6 Å². The van der Waals surface area contributed by atoms with Gasteiger partial charge in [0.15, 0.2) is 0 Å². The molecular formula is C17H12FN3O4S2. The lowest BCUT2D eigenvalue weighted by Crippen LogP contribution is -2.14. The normalized spacial score (nSPS) is 11.1. The van der Waals surface area contributed by atoms with Gasteiger partial charge in [0.2, 0.25) is 0 Å². The number of pyridine rings is 2. The van der Waals surface area contributed by atoms with Crippen LogP contribution < -0.4 is 4.72 Å². The Morgan fingerprint density at radius 2 is 1.81 bits per heavy atom. The summed E-state index contributed by atoms with van der Waals surface area (Å²) in [7, 11) is -4.11. The number of sulfonamides is 1. The zero-order valence-electron chi connectivity index (χ0n) is 13.5. The van der Waals surface area contributed by atoms with E-state index in [2.05, 4.69) is 14.7 Å². The fourth-order valence-electron chi connectivity index (χ4n) is 2.09. The highest BCUT2D eigenvalue weighted by Crippen LogP contribution is 2.26. The highest BCUT2D eigenvalue weighted by molar-refractivity contribution is 7.99. The van der Waals surface area contributed by atoms with Crippen LogP contribution in [0, 0.1) is 5.82 Å². The van der Waals surface area contributed by atoms with Crippen LogP contribution in [0.3, 0.4) is 0 Å². The molecule has 1 aromatic carbocycles. The second kappa shape index (κ2) is 7.72. The monoisotopic (exact) mass is 405 g/mol. The molecule has 27 heavy (non-hydrogen) atoms. The van der Waals surface area contributed by atoms with Gasteiger partial charge < -0.3 is 5.11 Å². The number of hydrogen-bond acceptors (Lipinski definition) is 6. The molecule has 0 aliphatic heterocycles. The zero-order valence-corrected chi connectivity index (χ0v) is 15.2. The van der Waals surface area contributed by atoms with Crippen molar-refractivity contribution in [3.8, 4) is 0 Å². The molecule has 0 fully saturated rings. The largest absolute Gasteiger partial charge is 0.478 e. The predicted octanol–water partition coefficient (Wildman–Crippen LogP) is 3.27. The molecule has 0 amide bonds. The van der Waals surface area contributed by atoms with E-state index in [1.807, 2.05) is 6.07 Å². The molecule has 10 heteroatoms. The molecular weight excluding hydrogens is 393 g/mol. The Bertz CT molecular complexity index is 1090. The molecule has 2 heterocycles. The Kier molecular flexibility index (Phi) is 5.38. The van der Waals surface area contributed by atoms with Crippen LogP contribution in [0.2, 0.25) is 0 Å². The van der Waals surface area contributed by atoms with E-state index >= 15 is 0 Å². The molecule has 3 rings (SSSR count). The molecule has 0 radical (unpaired) electrons. The molecule has 7 nitrogen and oxygen atoms in total. The van der Waals surface area contributed by atoms with Gasteiger partial charge in [-0.2, -0.15) is 0 Å². The summed E-state index contributed by atoms with van der Waals surface area (Å²) in [5.74, 6) is -2.57. The Balaban J connectivity index is 1.85. The molecule has 0 saturated carbocycles. The maximum atomic E-state index is 13.5. The lowest BCUT2D eigenvalue weighted by atomic mass is 10.2. The quantitative estimate of drug-likeness (QED) is 0.648. The number of benzene rings is 1. The van der Waals surface area contributed by atoms with Crippen molar-refractivity contribution in [1.29, 1.82) is 0 Å². The average molecular weight is 405 g/mol. The van der Waals surface area contributed by atoms with Gasteiger partial charge in [-0.15, -0.1) is 0 Å². The fraction of sp³-hybridized carbons (Fsp3) is 0. The number of carboxylic acids is 1. The number of aromatic carboxylic acids is 1. The van der Waals surface area contributed by atoms with Crippen LogP contribution in [-0.2, 0) is 10.0 Å². The van der Waals surface area contributed by atoms with Crippen molar-refractivity contribution in [2.45, 2.75) is 14.9 Å². The smallest absolute Gasteiger partial charge is 0.338 e. The van der Waals surface area contributed by atoms with Crippen molar-refractivity contribution < 1.29 is 22.7 Å². The third-order valence-corrected chi connectivity index (χ3v) is 5.57. The molecule has 138 valence electrons. The first kappa shape index (κ1) is 18.8. The summed E-state index contributed by atoms with van der Waals surface area (Å²) in [4.78, 5) is 18.9. The summed E-state index contributed by atoms with van der Waals surface area (Å²) < 4.78 is 40.8. The van der Waals surface area contributed by atoms with Crippen molar-refractivity contribution in [3.63, 3.8) is 0 Å². The summed E-state index contributed by atoms with van der Waals surface area (Å²) >= 11 is 1.25. The number of anilines is 1. The van der Waals surface area contributed by atoms with Crippen LogP contribution in [0.5, 0.6) is 0 Å². The number of carbonyl (C=O) groups is 1. The lowest BCUT2D eigenvalue weighted by Gasteiger charge is -2.10. The number of aromatic nitrogens is 2. The van der Waals surface area contributed by atoms with Crippen molar-refractivity contribution in [1.82, 2.24) is 9.97 Å². The zero-order chi connectivity index (χ0) is 19.4. The van der Waals surface area contributed by atoms with Crippen LogP contribution in [0.15, 0.2) is 75.9 Å². The van der Waals surface area contributed by atoms with E-state index in [4.69, 9.17) is 5.11 Å². The van der Waals surface area contributed by atoms with Gasteiger partial charge in [-0.05, 0) is 42.5 Å². The number of nitrogens with zero attached hydrogens (tertiary/aromatic N) is 2. The third kappa shape index (κ3) is 4.60. The minimum absolute atomic E-state index is 0.227. The Hall–Kier alpha value is -2.98. The molecule has 0 spiro atoms. The fourth-order valence-corrected chi connectivity index (χ4v) is 3.94. The standard InChI is InChI=1S/C17H12FN3O4S2/c18-14-5-4-12(10-13(14)17(22)23)27(24,25)21-11-6-8-20-16(9-11)26-15-3-1-2-7-19-15/h1-10H,(H,20,21)(H,22,23). The van der Waals surface area contributed by atoms with Crippen molar-refractivity contribution in [2.24, 2.45) is 0 Å². The first-order chi connectivity index (χ1) is 12.8. The molecule has 2 aromatic heterocycles. The van der Waals surface area contributed by atoms with Crippen LogP contribution in [-0.4, -0.2) is 29.5 Å². The highest BCUT2D eigenvalue weighted by Gasteiger charge is 2.19. The van der Waals surface area contributed by atoms with Crippen LogP contribution in [0.4, 0.5) is 10.1 Å². The highest BCUT2D eigenvalue weighted by atomic mass is 32.2. The summed E-state index contributed by atoms with van der Waals surface area (Å²) in [5.41, 5.74) is -0.497. The van der Waals surface area contributed by atoms with Gasteiger partial charge in [0, 0.05) is 12.4 Å². The van der Waals surface area contributed by atoms with E-state index < -0.39 is 27.4 Å². The molecule has 0 bridgehead atoms. The van der Waals surface area contributed by atoms with Gasteiger partial charge in [0.25, 0.3) is 10.0 Å². The van der Waals surface area contributed by atoms with Gasteiger partial charge in [-0.3, -0.25) is 4.72 Å². The van der Waals surface area contributed by atoms with Crippen molar-refractivity contribution in [2.75, 3.05) is 4.72 Å². The van der Waals surface area contributed by atoms with Crippen molar-refractivity contribution >= 4 is 33.4 Å². The van der Waals surface area contributed by atoms with Crippen LogP contribution >= 0.6 is 11.8 Å². The number of halogens is 1. The summed E-state index contributed by atoms with van der Waals surface area (Å²) in [6, 6.07) is 10.9. The van der Waals surface area contributed by atoms with E-state index in [1.54, 1.807) is 18.3 Å². The Morgan fingerprint density at radius 3 is 2.52 bits per heavy atom. The number of hydrogen-bond donors (Lipinski definition) is 2. The second-order valence-electron chi connectivity index (χ2n) is 5.21. The summed E-state index contributed by atoms with van der Waals surface area (Å²) in [6.45, 7) is 0.